The minimum atomic E-state index is -0.0285. The van der Waals surface area contributed by atoms with E-state index in [4.69, 9.17) is 4.42 Å². The van der Waals surface area contributed by atoms with E-state index in [1.807, 2.05) is 47.4 Å². The molecule has 2 aromatic carbocycles. The van der Waals surface area contributed by atoms with Crippen molar-refractivity contribution in [3.05, 3.63) is 77.7 Å². The number of amides is 2. The zero-order chi connectivity index (χ0) is 20.9. The molecule has 0 spiro atoms. The van der Waals surface area contributed by atoms with Gasteiger partial charge in [-0.05, 0) is 31.7 Å². The molecule has 1 aromatic heterocycles. The molecule has 1 fully saturated rings. The van der Waals surface area contributed by atoms with E-state index in [1.54, 1.807) is 6.26 Å². The number of carbonyl (C=O) groups excluding carboxylic acids is 1. The molecule has 0 aliphatic carbocycles. The number of rotatable bonds is 5. The Kier molecular flexibility index (Phi) is 6.14. The largest absolute Gasteiger partial charge is 0.444 e. The third kappa shape index (κ3) is 4.71. The van der Waals surface area contributed by atoms with Crippen LogP contribution in [0.4, 0.5) is 4.79 Å². The summed E-state index contributed by atoms with van der Waals surface area (Å²) in [6.45, 7) is 4.99. The fourth-order valence-electron chi connectivity index (χ4n) is 3.77. The molecule has 2 heterocycles. The number of nitrogens with zero attached hydrogens (tertiary/aromatic N) is 3. The Labute approximate surface area is 177 Å². The van der Waals surface area contributed by atoms with Gasteiger partial charge in [-0.3, -0.25) is 0 Å². The lowest BCUT2D eigenvalue weighted by Gasteiger charge is -2.40. The quantitative estimate of drug-likeness (QED) is 0.701. The van der Waals surface area contributed by atoms with E-state index in [0.717, 1.165) is 24.3 Å². The first-order chi connectivity index (χ1) is 14.6. The van der Waals surface area contributed by atoms with Gasteiger partial charge in [-0.2, -0.15) is 0 Å². The fraction of sp³-hybridized carbons (Fsp3) is 0.333. The number of hydrogen-bond donors (Lipinski definition) is 1. The van der Waals surface area contributed by atoms with Crippen LogP contribution in [0.25, 0.3) is 11.5 Å². The first-order valence-corrected chi connectivity index (χ1v) is 10.4. The van der Waals surface area contributed by atoms with E-state index in [1.165, 1.54) is 11.1 Å². The van der Waals surface area contributed by atoms with Crippen molar-refractivity contribution in [3.8, 4) is 11.5 Å². The number of carbonyl (C=O) groups is 1. The number of nitrogens with one attached hydrogen (secondary N) is 1. The molecule has 6 heteroatoms. The molecule has 2 amide bonds. The maximum absolute atomic E-state index is 12.9. The summed E-state index contributed by atoms with van der Waals surface area (Å²) in [5.41, 5.74) is 4.16. The van der Waals surface area contributed by atoms with Crippen LogP contribution >= 0.6 is 0 Å². The van der Waals surface area contributed by atoms with Crippen molar-refractivity contribution >= 4 is 6.03 Å². The summed E-state index contributed by atoms with van der Waals surface area (Å²) >= 11 is 0. The fourth-order valence-corrected chi connectivity index (χ4v) is 3.77. The summed E-state index contributed by atoms with van der Waals surface area (Å²) in [7, 11) is 2.10. The average Bonchev–Trinajstić information content (AvgIpc) is 3.23. The average molecular weight is 405 g/mol. The van der Waals surface area contributed by atoms with Crippen LogP contribution in [0.2, 0.25) is 0 Å². The molecule has 1 aliphatic heterocycles. The number of piperazine rings is 1. The highest BCUT2D eigenvalue weighted by atomic mass is 16.3. The molecule has 6 nitrogen and oxygen atoms in total. The van der Waals surface area contributed by atoms with Crippen LogP contribution in [-0.2, 0) is 6.42 Å². The Morgan fingerprint density at radius 1 is 1.13 bits per heavy atom. The predicted molar refractivity (Wildman–Crippen MR) is 117 cm³/mol. The van der Waals surface area contributed by atoms with Gasteiger partial charge in [0.1, 0.15) is 6.26 Å². The van der Waals surface area contributed by atoms with Gasteiger partial charge in [0.15, 0.2) is 0 Å². The van der Waals surface area contributed by atoms with Crippen LogP contribution in [0.15, 0.2) is 65.3 Å². The van der Waals surface area contributed by atoms with Gasteiger partial charge in [-0.15, -0.1) is 0 Å². The van der Waals surface area contributed by atoms with Crippen molar-refractivity contribution in [1.82, 2.24) is 20.1 Å². The molecular weight excluding hydrogens is 376 g/mol. The third-order valence-electron chi connectivity index (χ3n) is 5.54. The van der Waals surface area contributed by atoms with Crippen molar-refractivity contribution in [2.24, 2.45) is 0 Å². The maximum atomic E-state index is 12.9. The van der Waals surface area contributed by atoms with Gasteiger partial charge in [0.25, 0.3) is 0 Å². The standard InChI is InChI=1S/C24H28N4O2/c1-18-8-10-20(11-9-18)23-26-21(17-30-23)12-13-25-24(29)28-15-14-27(2)16-22(28)19-6-4-3-5-7-19/h3-11,17,22H,12-16H2,1-2H3,(H,25,29). The van der Waals surface area contributed by atoms with Crippen LogP contribution in [0.3, 0.4) is 0 Å². The van der Waals surface area contributed by atoms with Gasteiger partial charge < -0.3 is 19.5 Å². The monoisotopic (exact) mass is 404 g/mol. The molecule has 0 saturated carbocycles. The van der Waals surface area contributed by atoms with Crippen LogP contribution in [0, 0.1) is 6.92 Å². The number of aryl methyl sites for hydroxylation is 1. The molecule has 30 heavy (non-hydrogen) atoms. The molecule has 0 bridgehead atoms. The van der Waals surface area contributed by atoms with Crippen molar-refractivity contribution in [2.45, 2.75) is 19.4 Å². The van der Waals surface area contributed by atoms with Gasteiger partial charge >= 0.3 is 6.03 Å². The number of aromatic nitrogens is 1. The van der Waals surface area contributed by atoms with E-state index in [2.05, 4.69) is 41.3 Å². The van der Waals surface area contributed by atoms with Gasteiger partial charge in [0.05, 0.1) is 11.7 Å². The minimum Gasteiger partial charge on any atom is -0.444 e. The number of oxazole rings is 1. The molecule has 1 unspecified atom stereocenters. The Bertz CT molecular complexity index is 968. The number of hydrogen-bond acceptors (Lipinski definition) is 4. The molecule has 1 saturated heterocycles. The van der Waals surface area contributed by atoms with Crippen molar-refractivity contribution in [3.63, 3.8) is 0 Å². The van der Waals surface area contributed by atoms with Crippen molar-refractivity contribution in [1.29, 1.82) is 0 Å². The first-order valence-electron chi connectivity index (χ1n) is 10.4. The van der Waals surface area contributed by atoms with Crippen LogP contribution in [0.5, 0.6) is 0 Å². The number of benzene rings is 2. The second-order valence-electron chi connectivity index (χ2n) is 7.87. The van der Waals surface area contributed by atoms with Gasteiger partial charge in [0.2, 0.25) is 5.89 Å². The van der Waals surface area contributed by atoms with Gasteiger partial charge in [-0.25, -0.2) is 9.78 Å². The third-order valence-corrected chi connectivity index (χ3v) is 5.54. The highest BCUT2D eigenvalue weighted by Gasteiger charge is 2.30. The highest BCUT2D eigenvalue weighted by molar-refractivity contribution is 5.75. The Morgan fingerprint density at radius 2 is 1.90 bits per heavy atom. The van der Waals surface area contributed by atoms with Crippen LogP contribution in [0.1, 0.15) is 22.9 Å². The van der Waals surface area contributed by atoms with E-state index >= 15 is 0 Å². The second-order valence-corrected chi connectivity index (χ2v) is 7.87. The molecule has 4 rings (SSSR count). The van der Waals surface area contributed by atoms with Crippen LogP contribution in [-0.4, -0.2) is 54.0 Å². The molecule has 1 atom stereocenters. The van der Waals surface area contributed by atoms with Gasteiger partial charge in [0, 0.05) is 38.2 Å². The highest BCUT2D eigenvalue weighted by Crippen LogP contribution is 2.25. The summed E-state index contributed by atoms with van der Waals surface area (Å²) in [6, 6.07) is 18.4. The molecule has 3 aromatic rings. The smallest absolute Gasteiger partial charge is 0.318 e. The summed E-state index contributed by atoms with van der Waals surface area (Å²) in [4.78, 5) is 21.7. The lowest BCUT2D eigenvalue weighted by molar-refractivity contribution is 0.109. The minimum absolute atomic E-state index is 0.0285. The zero-order valence-corrected chi connectivity index (χ0v) is 17.5. The summed E-state index contributed by atoms with van der Waals surface area (Å²) in [5, 5.41) is 3.06. The van der Waals surface area contributed by atoms with Crippen molar-refractivity contribution < 1.29 is 9.21 Å². The molecule has 0 radical (unpaired) electrons. The maximum Gasteiger partial charge on any atom is 0.318 e. The molecule has 156 valence electrons. The molecule has 1 N–H and O–H groups in total. The second kappa shape index (κ2) is 9.13. The van der Waals surface area contributed by atoms with Gasteiger partial charge in [-0.1, -0.05) is 48.0 Å². The topological polar surface area (TPSA) is 61.6 Å². The lowest BCUT2D eigenvalue weighted by Crippen LogP contribution is -2.52. The number of likely N-dealkylation sites (N-methyl/N-ethyl adjacent to an activating group) is 1. The summed E-state index contributed by atoms with van der Waals surface area (Å²) < 4.78 is 5.61. The summed E-state index contributed by atoms with van der Waals surface area (Å²) in [5.74, 6) is 0.611. The predicted octanol–water partition coefficient (Wildman–Crippen LogP) is 3.89. The van der Waals surface area contributed by atoms with E-state index in [-0.39, 0.29) is 12.1 Å². The van der Waals surface area contributed by atoms with Crippen LogP contribution < -0.4 is 5.32 Å². The lowest BCUT2D eigenvalue weighted by atomic mass is 10.0. The molecule has 1 aliphatic rings. The SMILES string of the molecule is Cc1ccc(-c2nc(CCNC(=O)N3CCN(C)CC3c3ccccc3)co2)cc1. The van der Waals surface area contributed by atoms with E-state index in [0.29, 0.717) is 25.4 Å². The number of urea groups is 1. The normalized spacial score (nSPS) is 17.1. The Hall–Kier alpha value is -3.12. The van der Waals surface area contributed by atoms with E-state index < -0.39 is 0 Å². The Balaban J connectivity index is 1.34. The van der Waals surface area contributed by atoms with Crippen molar-refractivity contribution in [2.75, 3.05) is 33.2 Å². The first kappa shape index (κ1) is 20.2. The summed E-state index contributed by atoms with van der Waals surface area (Å²) in [6.07, 6.45) is 2.30. The van der Waals surface area contributed by atoms with E-state index in [9.17, 15) is 4.79 Å². The molecular formula is C24H28N4O2. The zero-order valence-electron chi connectivity index (χ0n) is 17.5. The Morgan fingerprint density at radius 3 is 2.67 bits per heavy atom.